The van der Waals surface area contributed by atoms with Crippen LogP contribution in [-0.4, -0.2) is 34.9 Å². The number of anilines is 2. The maximum atomic E-state index is 10.8. The predicted octanol–water partition coefficient (Wildman–Crippen LogP) is 4.57. The summed E-state index contributed by atoms with van der Waals surface area (Å²) in [5, 5.41) is 26.9. The number of nitrogens with one attached hydrogen (secondary N) is 2. The van der Waals surface area contributed by atoms with Gasteiger partial charge < -0.3 is 5.32 Å². The summed E-state index contributed by atoms with van der Waals surface area (Å²) in [7, 11) is 0. The Hall–Kier alpha value is -4.31. The van der Waals surface area contributed by atoms with Gasteiger partial charge in [-0.15, -0.1) is 0 Å². The smallest absolute Gasteiger partial charge is 0.269 e. The second-order valence-corrected chi connectivity index (χ2v) is 7.39. The van der Waals surface area contributed by atoms with E-state index in [1.807, 2.05) is 24.3 Å². The normalized spacial score (nSPS) is 11.0. The highest BCUT2D eigenvalue weighted by molar-refractivity contribution is 6.33. The van der Waals surface area contributed by atoms with Crippen molar-refractivity contribution in [3.63, 3.8) is 0 Å². The van der Waals surface area contributed by atoms with Crippen LogP contribution in [0.15, 0.2) is 67.1 Å². The van der Waals surface area contributed by atoms with Crippen LogP contribution < -0.4 is 5.32 Å². The largest absolute Gasteiger partial charge is 0.321 e. The number of nitro benzene ring substituents is 1. The summed E-state index contributed by atoms with van der Waals surface area (Å²) in [4.78, 5) is 19.2. The molecule has 0 unspecified atom stereocenters. The lowest BCUT2D eigenvalue weighted by Gasteiger charge is -2.05. The molecule has 10 nitrogen and oxygen atoms in total. The maximum Gasteiger partial charge on any atom is 0.269 e. The van der Waals surface area contributed by atoms with Crippen LogP contribution in [0.3, 0.4) is 0 Å². The van der Waals surface area contributed by atoms with E-state index in [-0.39, 0.29) is 5.69 Å². The van der Waals surface area contributed by atoms with Gasteiger partial charge in [0.15, 0.2) is 0 Å². The Balaban J connectivity index is 1.35. The van der Waals surface area contributed by atoms with Gasteiger partial charge >= 0.3 is 0 Å². The Kier molecular flexibility index (Phi) is 4.96. The molecule has 158 valence electrons. The first-order valence-electron chi connectivity index (χ1n) is 9.55. The second-order valence-electron chi connectivity index (χ2n) is 6.98. The first-order valence-corrected chi connectivity index (χ1v) is 9.93. The van der Waals surface area contributed by atoms with Crippen molar-refractivity contribution < 1.29 is 4.92 Å². The van der Waals surface area contributed by atoms with Gasteiger partial charge in [-0.05, 0) is 11.6 Å². The molecule has 0 saturated heterocycles. The summed E-state index contributed by atoms with van der Waals surface area (Å²) in [5.74, 6) is 0.353. The number of halogens is 1. The van der Waals surface area contributed by atoms with Crippen LogP contribution in [0.4, 0.5) is 17.3 Å². The number of nitrogens with zero attached hydrogens (tertiary/aromatic N) is 6. The summed E-state index contributed by atoms with van der Waals surface area (Å²) in [6.07, 6.45) is 4.97. The standard InChI is InChI=1S/C21H15ClN8O2/c22-17-10-23-21(26-20(17)19-16-3-1-2-4-18(16)27-28-19)25-14-9-24-29(12-14)11-13-5-7-15(8-6-13)30(31)32/h1-10,12H,11H2,(H,27,28)(H,23,25,26). The Morgan fingerprint density at radius 3 is 2.72 bits per heavy atom. The van der Waals surface area contributed by atoms with E-state index in [0.717, 1.165) is 16.5 Å². The molecule has 0 aliphatic heterocycles. The first kappa shape index (κ1) is 19.6. The number of rotatable bonds is 6. The van der Waals surface area contributed by atoms with E-state index in [1.165, 1.54) is 18.3 Å². The van der Waals surface area contributed by atoms with E-state index >= 15 is 0 Å². The van der Waals surface area contributed by atoms with Gasteiger partial charge in [0.05, 0.1) is 40.1 Å². The first-order chi connectivity index (χ1) is 15.6. The zero-order chi connectivity index (χ0) is 22.1. The Morgan fingerprint density at radius 1 is 1.09 bits per heavy atom. The van der Waals surface area contributed by atoms with Gasteiger partial charge in [0.1, 0.15) is 11.4 Å². The molecular weight excluding hydrogens is 432 g/mol. The zero-order valence-electron chi connectivity index (χ0n) is 16.4. The van der Waals surface area contributed by atoms with Gasteiger partial charge in [0, 0.05) is 23.7 Å². The van der Waals surface area contributed by atoms with Gasteiger partial charge in [-0.1, -0.05) is 41.9 Å². The van der Waals surface area contributed by atoms with E-state index in [1.54, 1.807) is 29.2 Å². The number of hydrogen-bond donors (Lipinski definition) is 2. The highest BCUT2D eigenvalue weighted by Crippen LogP contribution is 2.30. The van der Waals surface area contributed by atoms with Crippen LogP contribution in [-0.2, 0) is 6.54 Å². The van der Waals surface area contributed by atoms with Crippen molar-refractivity contribution in [3.05, 3.63) is 87.8 Å². The molecule has 3 aromatic heterocycles. The highest BCUT2D eigenvalue weighted by atomic mass is 35.5. The highest BCUT2D eigenvalue weighted by Gasteiger charge is 2.15. The summed E-state index contributed by atoms with van der Waals surface area (Å²) >= 11 is 6.35. The number of H-pyrrole nitrogens is 1. The summed E-state index contributed by atoms with van der Waals surface area (Å²) in [5.41, 5.74) is 3.67. The number of non-ortho nitro benzene ring substituents is 1. The van der Waals surface area contributed by atoms with Crippen molar-refractivity contribution in [2.75, 3.05) is 5.32 Å². The summed E-state index contributed by atoms with van der Waals surface area (Å²) < 4.78 is 1.71. The second kappa shape index (κ2) is 8.08. The van der Waals surface area contributed by atoms with Crippen LogP contribution in [0, 0.1) is 10.1 Å². The number of hydrogen-bond acceptors (Lipinski definition) is 7. The average Bonchev–Trinajstić information content (AvgIpc) is 3.42. The van der Waals surface area contributed by atoms with Crippen LogP contribution in [0.25, 0.3) is 22.3 Å². The average molecular weight is 447 g/mol. The number of nitro groups is 1. The van der Waals surface area contributed by atoms with E-state index in [0.29, 0.717) is 34.6 Å². The minimum absolute atomic E-state index is 0.0527. The third kappa shape index (κ3) is 3.86. The number of fused-ring (bicyclic) bond motifs is 1. The molecule has 0 saturated carbocycles. The molecule has 0 atom stereocenters. The molecule has 5 rings (SSSR count). The quantitative estimate of drug-likeness (QED) is 0.289. The van der Waals surface area contributed by atoms with Crippen LogP contribution in [0.5, 0.6) is 0 Å². The third-order valence-electron chi connectivity index (χ3n) is 4.82. The summed E-state index contributed by atoms with van der Waals surface area (Å²) in [6.45, 7) is 0.464. The SMILES string of the molecule is O=[N+]([O-])c1ccc(Cn2cc(Nc3ncc(Cl)c(-c4n[nH]c5ccccc45)n3)cn2)cc1. The maximum absolute atomic E-state index is 10.8. The number of aromatic amines is 1. The molecule has 0 amide bonds. The topological polar surface area (TPSA) is 127 Å². The molecule has 2 aromatic carbocycles. The molecule has 5 aromatic rings. The lowest BCUT2D eigenvalue weighted by Crippen LogP contribution is -2.01. The van der Waals surface area contributed by atoms with Gasteiger partial charge in [-0.2, -0.15) is 10.2 Å². The van der Waals surface area contributed by atoms with Crippen molar-refractivity contribution in [2.45, 2.75) is 6.54 Å². The number of aromatic nitrogens is 6. The Labute approximate surface area is 186 Å². The van der Waals surface area contributed by atoms with Gasteiger partial charge in [0.25, 0.3) is 5.69 Å². The van der Waals surface area contributed by atoms with Crippen molar-refractivity contribution in [1.29, 1.82) is 0 Å². The van der Waals surface area contributed by atoms with E-state index in [2.05, 4.69) is 30.6 Å². The van der Waals surface area contributed by atoms with Gasteiger partial charge in [-0.25, -0.2) is 9.97 Å². The van der Waals surface area contributed by atoms with Gasteiger partial charge in [0.2, 0.25) is 5.95 Å². The molecule has 0 fully saturated rings. The minimum Gasteiger partial charge on any atom is -0.321 e. The van der Waals surface area contributed by atoms with Crippen LogP contribution >= 0.6 is 11.6 Å². The van der Waals surface area contributed by atoms with E-state index in [9.17, 15) is 10.1 Å². The molecule has 0 spiro atoms. The predicted molar refractivity (Wildman–Crippen MR) is 120 cm³/mol. The lowest BCUT2D eigenvalue weighted by atomic mass is 10.1. The van der Waals surface area contributed by atoms with Crippen molar-refractivity contribution in [2.24, 2.45) is 0 Å². The zero-order valence-corrected chi connectivity index (χ0v) is 17.2. The van der Waals surface area contributed by atoms with Crippen molar-refractivity contribution in [1.82, 2.24) is 29.9 Å². The lowest BCUT2D eigenvalue weighted by molar-refractivity contribution is -0.384. The molecule has 11 heteroatoms. The molecule has 0 aliphatic carbocycles. The molecule has 3 heterocycles. The van der Waals surface area contributed by atoms with Gasteiger partial charge in [-0.3, -0.25) is 19.9 Å². The summed E-state index contributed by atoms with van der Waals surface area (Å²) in [6, 6.07) is 14.1. The van der Waals surface area contributed by atoms with Crippen molar-refractivity contribution >= 4 is 39.8 Å². The number of benzene rings is 2. The monoisotopic (exact) mass is 446 g/mol. The Bertz CT molecular complexity index is 1430. The fourth-order valence-electron chi connectivity index (χ4n) is 3.29. The number of para-hydroxylation sites is 1. The third-order valence-corrected chi connectivity index (χ3v) is 5.10. The molecule has 2 N–H and O–H groups in total. The minimum atomic E-state index is -0.425. The van der Waals surface area contributed by atoms with E-state index < -0.39 is 4.92 Å². The molecular formula is C21H15ClN8O2. The van der Waals surface area contributed by atoms with Crippen LogP contribution in [0.1, 0.15) is 5.56 Å². The molecule has 32 heavy (non-hydrogen) atoms. The molecule has 0 radical (unpaired) electrons. The Morgan fingerprint density at radius 2 is 1.91 bits per heavy atom. The molecule has 0 aliphatic rings. The molecule has 0 bridgehead atoms. The fraction of sp³-hybridized carbons (Fsp3) is 0.0476. The fourth-order valence-corrected chi connectivity index (χ4v) is 3.47. The van der Waals surface area contributed by atoms with E-state index in [4.69, 9.17) is 11.6 Å². The van der Waals surface area contributed by atoms with Crippen LogP contribution in [0.2, 0.25) is 5.02 Å². The van der Waals surface area contributed by atoms with Crippen molar-refractivity contribution in [3.8, 4) is 11.4 Å².